The van der Waals surface area contributed by atoms with Gasteiger partial charge >= 0.3 is 6.09 Å². The number of hydrogen-bond acceptors (Lipinski definition) is 22. The summed E-state index contributed by atoms with van der Waals surface area (Å²) in [6.07, 6.45) is 19.4. The Morgan fingerprint density at radius 1 is 0.694 bits per heavy atom. The van der Waals surface area contributed by atoms with Crippen LogP contribution in [0.4, 0.5) is 16.2 Å². The first-order valence-electron chi connectivity index (χ1n) is 41.9. The van der Waals surface area contributed by atoms with Crippen LogP contribution < -0.4 is 31.5 Å². The van der Waals surface area contributed by atoms with E-state index in [4.69, 9.17) is 28.5 Å². The van der Waals surface area contributed by atoms with Crippen molar-refractivity contribution < 1.29 is 98.8 Å². The van der Waals surface area contributed by atoms with Crippen LogP contribution in [0.15, 0.2) is 119 Å². The van der Waals surface area contributed by atoms with Crippen molar-refractivity contribution in [1.82, 2.24) is 31.5 Å². The summed E-state index contributed by atoms with van der Waals surface area (Å²) in [5.41, 5.74) is 8.83. The number of oxime groups is 1. The molecule has 5 atom stereocenters. The topological polar surface area (TPSA) is 380 Å². The number of thioether (sulfide) groups is 1. The van der Waals surface area contributed by atoms with Gasteiger partial charge in [-0.05, 0) is 146 Å². The van der Waals surface area contributed by atoms with Crippen LogP contribution in [-0.4, -0.2) is 234 Å². The summed E-state index contributed by atoms with van der Waals surface area (Å²) in [5, 5.41) is 17.5. The minimum absolute atomic E-state index is 0.0125. The van der Waals surface area contributed by atoms with E-state index in [1.807, 2.05) is 58.1 Å². The van der Waals surface area contributed by atoms with Crippen LogP contribution in [0.1, 0.15) is 187 Å². The Kier molecular flexibility index (Phi) is 42.2. The molecule has 31 heteroatoms. The van der Waals surface area contributed by atoms with Gasteiger partial charge in [0.25, 0.3) is 10.1 Å². The number of rotatable bonds is 56. The Balaban J connectivity index is 0.950. The Morgan fingerprint density at radius 2 is 1.38 bits per heavy atom. The van der Waals surface area contributed by atoms with E-state index < -0.39 is 93.6 Å². The van der Waals surface area contributed by atoms with Gasteiger partial charge in [0.2, 0.25) is 35.2 Å². The fourth-order valence-corrected chi connectivity index (χ4v) is 15.8. The molecule has 3 aromatic rings. The Morgan fingerprint density at radius 3 is 2.09 bits per heavy atom. The number of benzene rings is 3. The predicted octanol–water partition coefficient (Wildman–Crippen LogP) is 10.2. The number of carbonyl (C=O) groups excluding carboxylic acids is 11. The highest BCUT2D eigenvalue weighted by atomic mass is 32.2. The van der Waals surface area contributed by atoms with Gasteiger partial charge in [0.1, 0.15) is 50.6 Å². The molecule has 664 valence electrons. The van der Waals surface area contributed by atoms with E-state index in [2.05, 4.69) is 99.3 Å². The number of Topliss-reactive ketones (excluding diaryl/α,β-unsaturated/α-hetero) is 5. The molecule has 6 rings (SSSR count). The van der Waals surface area contributed by atoms with E-state index >= 15 is 0 Å². The van der Waals surface area contributed by atoms with Gasteiger partial charge in [0, 0.05) is 125 Å². The summed E-state index contributed by atoms with van der Waals surface area (Å²) in [6.45, 7) is 23.1. The Hall–Kier alpha value is -9.37. The second kappa shape index (κ2) is 50.9. The quantitative estimate of drug-likeness (QED) is 0.00763. The van der Waals surface area contributed by atoms with Crippen molar-refractivity contribution in [1.29, 1.82) is 0 Å². The molecule has 29 nitrogen and oxygen atoms in total. The molecule has 121 heavy (non-hydrogen) atoms. The van der Waals surface area contributed by atoms with Crippen LogP contribution in [0.5, 0.6) is 0 Å². The number of fused-ring (bicyclic) bond motifs is 2. The number of ether oxygens (including phenoxy) is 5. The van der Waals surface area contributed by atoms with Crippen LogP contribution >= 0.6 is 11.8 Å². The van der Waals surface area contributed by atoms with E-state index in [1.165, 1.54) is 59.3 Å². The molecule has 0 bridgehead atoms. The van der Waals surface area contributed by atoms with Crippen molar-refractivity contribution in [2.45, 2.75) is 212 Å². The lowest BCUT2D eigenvalue weighted by atomic mass is 9.81. The molecule has 6 amide bonds. The van der Waals surface area contributed by atoms with Crippen molar-refractivity contribution in [2.75, 3.05) is 116 Å². The second-order valence-electron chi connectivity index (χ2n) is 32.2. The van der Waals surface area contributed by atoms with Crippen LogP contribution in [0, 0.1) is 18.8 Å². The number of anilines is 1. The van der Waals surface area contributed by atoms with Gasteiger partial charge in [-0.15, -0.1) is 0 Å². The number of likely N-dealkylation sites (N-methyl/N-ethyl adjacent to an activating group) is 1. The molecule has 3 aliphatic heterocycles. The zero-order valence-electron chi connectivity index (χ0n) is 72.8. The number of likely N-dealkylation sites (tertiary alicyclic amines) is 1. The molecule has 1 saturated heterocycles. The van der Waals surface area contributed by atoms with Gasteiger partial charge in [0.15, 0.2) is 23.1 Å². The fourth-order valence-electron chi connectivity index (χ4n) is 14.7. The van der Waals surface area contributed by atoms with E-state index in [0.717, 1.165) is 36.3 Å². The molecule has 3 aliphatic rings. The predicted molar refractivity (Wildman–Crippen MR) is 466 cm³/mol. The molecule has 6 N–H and O–H groups in total. The maximum absolute atomic E-state index is 14.0. The number of nitrogens with zero attached hydrogens (tertiary/aromatic N) is 4. The lowest BCUT2D eigenvalue weighted by Gasteiger charge is -2.27. The first-order chi connectivity index (χ1) is 57.6. The lowest BCUT2D eigenvalue weighted by Crippen LogP contribution is -2.52. The second-order valence-corrected chi connectivity index (χ2v) is 34.5. The first-order valence-corrected chi connectivity index (χ1v) is 44.8. The molecule has 3 heterocycles. The minimum Gasteiger partial charge on any atom is -0.447 e. The Bertz CT molecular complexity index is 4360. The van der Waals surface area contributed by atoms with Crippen LogP contribution in [0.3, 0.4) is 0 Å². The van der Waals surface area contributed by atoms with Gasteiger partial charge in [-0.25, -0.2) is 4.79 Å². The van der Waals surface area contributed by atoms with Crippen molar-refractivity contribution in [3.8, 4) is 0 Å². The molecule has 0 spiro atoms. The number of allylic oxidation sites excluding steroid dienone is 8. The van der Waals surface area contributed by atoms with Gasteiger partial charge in [0.05, 0.1) is 67.1 Å². The maximum atomic E-state index is 14.0. The molecular formula is C90H128N9O20S2+. The average Bonchev–Trinajstić information content (AvgIpc) is 1.59. The molecule has 0 aliphatic carbocycles. The number of amides is 6. The van der Waals surface area contributed by atoms with Crippen molar-refractivity contribution >= 4 is 109 Å². The fraction of sp³-hybridized carbons (Fsp3) is 0.567. The normalized spacial score (nSPS) is 16.3. The number of unbranched alkanes of at least 4 members (excludes halogenated alkanes) is 2. The molecule has 3 aromatic carbocycles. The largest absolute Gasteiger partial charge is 0.447 e. The molecule has 0 aromatic heterocycles. The van der Waals surface area contributed by atoms with Crippen molar-refractivity contribution in [2.24, 2.45) is 17.0 Å². The summed E-state index contributed by atoms with van der Waals surface area (Å²) in [4.78, 5) is 153. The van der Waals surface area contributed by atoms with E-state index in [9.17, 15) is 65.7 Å². The molecular weight excluding hydrogens is 1590 g/mol. The summed E-state index contributed by atoms with van der Waals surface area (Å²) < 4.78 is 63.8. The summed E-state index contributed by atoms with van der Waals surface area (Å²) in [5.74, 6) is -4.35. The smallest absolute Gasteiger partial charge is 0.407 e. The van der Waals surface area contributed by atoms with Gasteiger partial charge < -0.3 is 64.9 Å². The van der Waals surface area contributed by atoms with Crippen molar-refractivity contribution in [3.05, 3.63) is 137 Å². The zero-order valence-corrected chi connectivity index (χ0v) is 74.4. The third-order valence-corrected chi connectivity index (χ3v) is 22.7. The molecule has 0 unspecified atom stereocenters. The number of alkyl carbamates (subject to hydrolysis) is 1. The van der Waals surface area contributed by atoms with Crippen molar-refractivity contribution in [3.63, 3.8) is 0 Å². The number of ketones is 5. The Labute approximate surface area is 717 Å². The molecule has 1 fully saturated rings. The highest BCUT2D eigenvalue weighted by Gasteiger charge is 2.45. The maximum Gasteiger partial charge on any atom is 0.407 e. The lowest BCUT2D eigenvalue weighted by molar-refractivity contribution is -0.438. The summed E-state index contributed by atoms with van der Waals surface area (Å²) in [6, 6.07) is 14.7. The average molecular weight is 1720 g/mol. The van der Waals surface area contributed by atoms with Gasteiger partial charge in [-0.3, -0.25) is 52.5 Å². The number of carbonyl (C=O) groups is 11. The van der Waals surface area contributed by atoms with Gasteiger partial charge in [-0.1, -0.05) is 112 Å². The number of methoxy groups -OCH3 is 1. The molecule has 0 saturated carbocycles. The van der Waals surface area contributed by atoms with E-state index in [0.29, 0.717) is 68.5 Å². The van der Waals surface area contributed by atoms with Crippen LogP contribution in [0.25, 0.3) is 0 Å². The zero-order chi connectivity index (χ0) is 88.8. The third kappa shape index (κ3) is 32.8. The highest BCUT2D eigenvalue weighted by Crippen LogP contribution is 2.48. The van der Waals surface area contributed by atoms with Gasteiger partial charge in [-0.2, -0.15) is 24.8 Å². The number of aryl methyl sites for hydroxylation is 1. The van der Waals surface area contributed by atoms with E-state index in [1.54, 1.807) is 56.5 Å². The number of nitrogens with one attached hydrogen (secondary N) is 5. The monoisotopic (exact) mass is 1720 g/mol. The SMILES string of the molecule is CCN1C(=CC=CC=CC=CC2=[N+](CCCCCC(=O)CCCOCCOCC(=O)N[C@@H](Cc3ccc(/C(C)=N/OCCNC(=O)OCCOC)cc3)C(=O)CCCOCC(=O)N3CCC[C@H]3C(=O)N[C@@H](CC(C)C)C(=O)CCC(=O)N[C@@H](CSC)C(=O)C[C@@H](C)C(=O)NCC(C)=O)c3ccc(S(=O)(=O)O)cc3C2(C)C)C(C)(C)c2cc(C)ccc21. The standard InChI is InChI=1S/C90H127N9O20S2/c1-14-97-75-38-32-62(4)53-70(75)89(8,9)81(97)30-20-16-15-17-21-31-82-90(10,11)71-56-69(121(111,112)113)37-39-76(71)98(82)43-22-18-19-26-68(101)27-24-45-115-49-50-117-58-84(106)93-73(55-66-33-35-67(36-34-66)65(7)96-119-47-42-91-88(110)118-51-48-114-12)78(102)29-25-46-116-59-85(107)99-44-23-28-77(99)87(109)95-72(52-61(2)3)79(103)40-41-83(105)94-74(60-120-13)80(104)54-63(5)86(108)92-57-64(6)100/h15-17,20-21,30-39,53,56,61,63,72-74,77H,14,18-19,22-29,40-52,54-55,57-60H2,1-13H3,(H5-,91,92,93,94,95,105,106,108,109,110,111,112,113)/p+1/b96-65+/t63-,72+,73+,74+,77+/m1/s1. The van der Waals surface area contributed by atoms with E-state index in [-0.39, 0.29) is 156 Å². The third-order valence-electron chi connectivity index (χ3n) is 21.2. The number of hydrogen-bond donors (Lipinski definition) is 6. The first kappa shape index (κ1) is 100. The summed E-state index contributed by atoms with van der Waals surface area (Å²) in [7, 11) is -2.95. The van der Waals surface area contributed by atoms with Crippen LogP contribution in [-0.2, 0) is 104 Å². The minimum atomic E-state index is -4.45. The van der Waals surface area contributed by atoms with Crippen LogP contribution in [0.2, 0.25) is 0 Å². The highest BCUT2D eigenvalue weighted by molar-refractivity contribution is 7.98. The molecule has 0 radical (unpaired) electrons. The summed E-state index contributed by atoms with van der Waals surface area (Å²) >= 11 is 1.32.